The summed E-state index contributed by atoms with van der Waals surface area (Å²) in [6, 6.07) is 11.1. The fourth-order valence-electron chi connectivity index (χ4n) is 3.08. The molecule has 0 saturated carbocycles. The summed E-state index contributed by atoms with van der Waals surface area (Å²) in [4.78, 5) is 25.1. The summed E-state index contributed by atoms with van der Waals surface area (Å²) in [7, 11) is 0. The summed E-state index contributed by atoms with van der Waals surface area (Å²) in [5.74, 6) is 0.517. The lowest BCUT2D eigenvalue weighted by molar-refractivity contribution is -0.385. The second kappa shape index (κ2) is 7.74. The summed E-state index contributed by atoms with van der Waals surface area (Å²) in [6.07, 6.45) is 3.20. The fourth-order valence-corrected chi connectivity index (χ4v) is 3.24. The lowest BCUT2D eigenvalue weighted by atomic mass is 10.0. The molecule has 1 aliphatic heterocycles. The molecule has 1 unspecified atom stereocenters. The Hall–Kier alpha value is -2.60. The highest BCUT2D eigenvalue weighted by Gasteiger charge is 2.24. The quantitative estimate of drug-likeness (QED) is 0.554. The lowest BCUT2D eigenvalue weighted by Gasteiger charge is -2.33. The molecule has 0 radical (unpaired) electrons. The first-order chi connectivity index (χ1) is 12.5. The van der Waals surface area contributed by atoms with Gasteiger partial charge in [0.1, 0.15) is 5.75 Å². The second-order valence-electron chi connectivity index (χ2n) is 6.34. The molecule has 26 heavy (non-hydrogen) atoms. The molecule has 1 fully saturated rings. The number of amides is 1. The van der Waals surface area contributed by atoms with E-state index in [1.54, 1.807) is 24.3 Å². The molecule has 0 spiro atoms. The van der Waals surface area contributed by atoms with Crippen LogP contribution in [-0.2, 0) is 0 Å². The van der Waals surface area contributed by atoms with Crippen molar-refractivity contribution in [1.82, 2.24) is 4.90 Å². The van der Waals surface area contributed by atoms with E-state index in [9.17, 15) is 14.9 Å². The van der Waals surface area contributed by atoms with Crippen LogP contribution in [0.25, 0.3) is 0 Å². The summed E-state index contributed by atoms with van der Waals surface area (Å²) in [5, 5.41) is 11.4. The number of benzene rings is 2. The van der Waals surface area contributed by atoms with Crippen molar-refractivity contribution in [3.63, 3.8) is 0 Å². The molecule has 0 N–H and O–H groups in total. The van der Waals surface area contributed by atoms with Crippen LogP contribution in [-0.4, -0.2) is 28.3 Å². The number of rotatable bonds is 4. The van der Waals surface area contributed by atoms with Crippen LogP contribution >= 0.6 is 11.6 Å². The van der Waals surface area contributed by atoms with Crippen molar-refractivity contribution < 1.29 is 14.5 Å². The molecule has 0 aromatic heterocycles. The minimum Gasteiger partial charge on any atom is -0.450 e. The summed E-state index contributed by atoms with van der Waals surface area (Å²) in [6.45, 7) is 2.84. The minimum absolute atomic E-state index is 0.00113. The molecule has 2 aromatic carbocycles. The van der Waals surface area contributed by atoms with Gasteiger partial charge < -0.3 is 9.64 Å². The van der Waals surface area contributed by atoms with E-state index in [1.165, 1.54) is 18.2 Å². The van der Waals surface area contributed by atoms with Crippen LogP contribution in [0.3, 0.4) is 0 Å². The standard InChI is InChI=1S/C19H19ClN2O4/c1-13-4-2-3-11-21(13)19(23)14-5-8-16(9-6-14)26-18-10-7-15(20)12-17(18)22(24)25/h5-10,12-13H,2-4,11H2,1H3. The molecule has 2 aromatic rings. The Balaban J connectivity index is 1.76. The minimum atomic E-state index is -0.545. The van der Waals surface area contributed by atoms with Gasteiger partial charge in [-0.1, -0.05) is 11.6 Å². The van der Waals surface area contributed by atoms with E-state index in [4.69, 9.17) is 16.3 Å². The number of nitro benzene ring substituents is 1. The Morgan fingerprint density at radius 3 is 2.62 bits per heavy atom. The van der Waals surface area contributed by atoms with Crippen LogP contribution in [0.2, 0.25) is 5.02 Å². The summed E-state index contributed by atoms with van der Waals surface area (Å²) < 4.78 is 5.60. The third kappa shape index (κ3) is 3.96. The molecule has 1 aliphatic rings. The maximum Gasteiger partial charge on any atom is 0.313 e. The van der Waals surface area contributed by atoms with Crippen molar-refractivity contribution in [3.8, 4) is 11.5 Å². The fraction of sp³-hybridized carbons (Fsp3) is 0.316. The van der Waals surface area contributed by atoms with Crippen LogP contribution in [0.5, 0.6) is 11.5 Å². The van der Waals surface area contributed by atoms with E-state index in [0.717, 1.165) is 25.8 Å². The van der Waals surface area contributed by atoms with E-state index in [-0.39, 0.29) is 28.4 Å². The zero-order valence-corrected chi connectivity index (χ0v) is 15.1. The van der Waals surface area contributed by atoms with Crippen molar-refractivity contribution >= 4 is 23.2 Å². The van der Waals surface area contributed by atoms with Crippen LogP contribution in [0.15, 0.2) is 42.5 Å². The first-order valence-corrected chi connectivity index (χ1v) is 8.86. The van der Waals surface area contributed by atoms with Crippen molar-refractivity contribution in [3.05, 3.63) is 63.2 Å². The van der Waals surface area contributed by atoms with Gasteiger partial charge in [0.25, 0.3) is 5.91 Å². The molecular weight excluding hydrogens is 356 g/mol. The highest BCUT2D eigenvalue weighted by molar-refractivity contribution is 6.30. The van der Waals surface area contributed by atoms with Gasteiger partial charge in [0, 0.05) is 29.2 Å². The number of carbonyl (C=O) groups is 1. The highest BCUT2D eigenvalue weighted by Crippen LogP contribution is 2.33. The van der Waals surface area contributed by atoms with Gasteiger partial charge in [-0.3, -0.25) is 14.9 Å². The van der Waals surface area contributed by atoms with Gasteiger partial charge >= 0.3 is 5.69 Å². The average Bonchev–Trinajstić information content (AvgIpc) is 2.63. The van der Waals surface area contributed by atoms with E-state index in [1.807, 2.05) is 4.90 Å². The zero-order valence-electron chi connectivity index (χ0n) is 14.4. The van der Waals surface area contributed by atoms with Crippen LogP contribution in [0, 0.1) is 10.1 Å². The number of hydrogen-bond acceptors (Lipinski definition) is 4. The molecule has 7 heteroatoms. The van der Waals surface area contributed by atoms with Crippen molar-refractivity contribution in [2.75, 3.05) is 6.54 Å². The van der Waals surface area contributed by atoms with Gasteiger partial charge in [0.2, 0.25) is 5.75 Å². The SMILES string of the molecule is CC1CCCCN1C(=O)c1ccc(Oc2ccc(Cl)cc2[N+](=O)[O-])cc1. The molecule has 0 aliphatic carbocycles. The maximum atomic E-state index is 12.6. The third-order valence-electron chi connectivity index (χ3n) is 4.51. The zero-order chi connectivity index (χ0) is 18.7. The van der Waals surface area contributed by atoms with Gasteiger partial charge in [0.15, 0.2) is 0 Å². The normalized spacial score (nSPS) is 17.0. The molecule has 1 amide bonds. The van der Waals surface area contributed by atoms with E-state index in [2.05, 4.69) is 6.92 Å². The lowest BCUT2D eigenvalue weighted by Crippen LogP contribution is -2.41. The molecule has 6 nitrogen and oxygen atoms in total. The Labute approximate surface area is 156 Å². The number of hydrogen-bond donors (Lipinski definition) is 0. The monoisotopic (exact) mass is 374 g/mol. The number of piperidine rings is 1. The molecule has 1 atom stereocenters. The Kier molecular flexibility index (Phi) is 5.42. The van der Waals surface area contributed by atoms with Gasteiger partial charge in [0.05, 0.1) is 4.92 Å². The van der Waals surface area contributed by atoms with Gasteiger partial charge in [-0.15, -0.1) is 0 Å². The average molecular weight is 375 g/mol. The number of nitro groups is 1. The number of carbonyl (C=O) groups excluding carboxylic acids is 1. The van der Waals surface area contributed by atoms with Crippen molar-refractivity contribution in [1.29, 1.82) is 0 Å². The summed E-state index contributed by atoms with van der Waals surface area (Å²) in [5.41, 5.74) is 0.372. The van der Waals surface area contributed by atoms with Crippen molar-refractivity contribution in [2.45, 2.75) is 32.2 Å². The maximum absolute atomic E-state index is 12.6. The predicted octanol–water partition coefficient (Wildman–Crippen LogP) is 5.06. The van der Waals surface area contributed by atoms with E-state index < -0.39 is 4.92 Å². The van der Waals surface area contributed by atoms with Gasteiger partial charge in [-0.05, 0) is 62.6 Å². The van der Waals surface area contributed by atoms with Crippen LogP contribution in [0.4, 0.5) is 5.69 Å². The Morgan fingerprint density at radius 2 is 1.96 bits per heavy atom. The molecule has 1 saturated heterocycles. The molecular formula is C19H19ClN2O4. The number of likely N-dealkylation sites (tertiary alicyclic amines) is 1. The van der Waals surface area contributed by atoms with Gasteiger partial charge in [-0.2, -0.15) is 0 Å². The Bertz CT molecular complexity index is 823. The molecule has 0 bridgehead atoms. The topological polar surface area (TPSA) is 72.7 Å². The highest BCUT2D eigenvalue weighted by atomic mass is 35.5. The summed E-state index contributed by atoms with van der Waals surface area (Å²) >= 11 is 5.80. The number of ether oxygens (including phenoxy) is 1. The number of halogens is 1. The van der Waals surface area contributed by atoms with Gasteiger partial charge in [-0.25, -0.2) is 0 Å². The Morgan fingerprint density at radius 1 is 1.23 bits per heavy atom. The largest absolute Gasteiger partial charge is 0.450 e. The molecule has 136 valence electrons. The van der Waals surface area contributed by atoms with Crippen LogP contribution < -0.4 is 4.74 Å². The first kappa shape index (κ1) is 18.2. The van der Waals surface area contributed by atoms with Crippen LogP contribution in [0.1, 0.15) is 36.5 Å². The third-order valence-corrected chi connectivity index (χ3v) is 4.75. The molecule has 1 heterocycles. The predicted molar refractivity (Wildman–Crippen MR) is 99.0 cm³/mol. The first-order valence-electron chi connectivity index (χ1n) is 8.48. The van der Waals surface area contributed by atoms with Crippen molar-refractivity contribution in [2.24, 2.45) is 0 Å². The van der Waals surface area contributed by atoms with E-state index >= 15 is 0 Å². The molecule has 3 rings (SSSR count). The smallest absolute Gasteiger partial charge is 0.313 e. The second-order valence-corrected chi connectivity index (χ2v) is 6.78. The van der Waals surface area contributed by atoms with E-state index in [0.29, 0.717) is 11.3 Å². The number of nitrogens with zero attached hydrogens (tertiary/aromatic N) is 2.